The van der Waals surface area contributed by atoms with Crippen LogP contribution in [0.15, 0.2) is 0 Å². The minimum atomic E-state index is -3.30. The molecule has 2 unspecified atom stereocenters. The van der Waals surface area contributed by atoms with Crippen LogP contribution in [0.5, 0.6) is 0 Å². The Morgan fingerprint density at radius 3 is 2.77 bits per heavy atom. The summed E-state index contributed by atoms with van der Waals surface area (Å²) in [7, 11) is -3.30. The van der Waals surface area contributed by atoms with E-state index in [-0.39, 0.29) is 5.75 Å². The maximum atomic E-state index is 10.6. The predicted octanol–water partition coefficient (Wildman–Crippen LogP) is -0.241. The van der Waals surface area contributed by atoms with Gasteiger partial charge in [0, 0.05) is 23.6 Å². The molecule has 1 saturated heterocycles. The van der Waals surface area contributed by atoms with Gasteiger partial charge in [-0.2, -0.15) is 11.8 Å². The standard InChI is InChI=1S/C7H16N2O2S2/c1-6-4-7(5-12-6)9-2-3-13(8,10)11/h6-7,9H,2-5H2,1H3,(H2,8,10,11). The molecule has 2 atom stereocenters. The molecule has 0 spiro atoms. The van der Waals surface area contributed by atoms with Crippen molar-refractivity contribution in [1.29, 1.82) is 0 Å². The molecule has 0 aliphatic carbocycles. The summed E-state index contributed by atoms with van der Waals surface area (Å²) >= 11 is 1.92. The number of nitrogens with two attached hydrogens (primary N) is 1. The van der Waals surface area contributed by atoms with Crippen LogP contribution in [0.1, 0.15) is 13.3 Å². The Labute approximate surface area is 83.7 Å². The molecule has 13 heavy (non-hydrogen) atoms. The Kier molecular flexibility index (Phi) is 4.03. The largest absolute Gasteiger partial charge is 0.312 e. The van der Waals surface area contributed by atoms with Crippen LogP contribution in [0.4, 0.5) is 0 Å². The highest BCUT2D eigenvalue weighted by molar-refractivity contribution is 8.00. The lowest BCUT2D eigenvalue weighted by atomic mass is 10.2. The van der Waals surface area contributed by atoms with Crippen LogP contribution >= 0.6 is 11.8 Å². The molecule has 0 aromatic heterocycles. The Balaban J connectivity index is 2.14. The maximum absolute atomic E-state index is 10.6. The van der Waals surface area contributed by atoms with E-state index in [1.54, 1.807) is 0 Å². The van der Waals surface area contributed by atoms with Crippen LogP contribution in [0.3, 0.4) is 0 Å². The van der Waals surface area contributed by atoms with Crippen molar-refractivity contribution in [1.82, 2.24) is 5.32 Å². The van der Waals surface area contributed by atoms with Gasteiger partial charge < -0.3 is 5.32 Å². The van der Waals surface area contributed by atoms with Crippen LogP contribution in [-0.4, -0.2) is 37.8 Å². The number of hydrogen-bond donors (Lipinski definition) is 2. The number of hydrogen-bond acceptors (Lipinski definition) is 4. The van der Waals surface area contributed by atoms with Crippen molar-refractivity contribution in [2.45, 2.75) is 24.6 Å². The fourth-order valence-corrected chi connectivity index (χ4v) is 2.95. The summed E-state index contributed by atoms with van der Waals surface area (Å²) in [5, 5.41) is 8.75. The van der Waals surface area contributed by atoms with Crippen molar-refractivity contribution in [3.8, 4) is 0 Å². The average molecular weight is 224 g/mol. The highest BCUT2D eigenvalue weighted by atomic mass is 32.2. The summed E-state index contributed by atoms with van der Waals surface area (Å²) in [6, 6.07) is 0.460. The molecule has 1 aliphatic heterocycles. The number of rotatable bonds is 4. The van der Waals surface area contributed by atoms with Gasteiger partial charge in [0.05, 0.1) is 5.75 Å². The van der Waals surface area contributed by atoms with Crippen molar-refractivity contribution in [3.05, 3.63) is 0 Å². The predicted molar refractivity (Wildman–Crippen MR) is 56.3 cm³/mol. The highest BCUT2D eigenvalue weighted by Gasteiger charge is 2.21. The molecule has 1 fully saturated rings. The van der Waals surface area contributed by atoms with E-state index < -0.39 is 10.0 Å². The van der Waals surface area contributed by atoms with E-state index in [9.17, 15) is 8.42 Å². The smallest absolute Gasteiger partial charge is 0.210 e. The second-order valence-corrected chi connectivity index (χ2v) is 6.60. The molecule has 0 bridgehead atoms. The molecule has 0 aromatic rings. The van der Waals surface area contributed by atoms with E-state index >= 15 is 0 Å². The van der Waals surface area contributed by atoms with Gasteiger partial charge in [0.1, 0.15) is 0 Å². The Hall–Kier alpha value is 0.220. The van der Waals surface area contributed by atoms with Crippen LogP contribution in [0, 0.1) is 0 Å². The van der Waals surface area contributed by atoms with Crippen molar-refractivity contribution in [3.63, 3.8) is 0 Å². The average Bonchev–Trinajstić information content (AvgIpc) is 2.33. The van der Waals surface area contributed by atoms with Crippen molar-refractivity contribution in [2.24, 2.45) is 5.14 Å². The Morgan fingerprint density at radius 2 is 2.31 bits per heavy atom. The molecule has 0 radical (unpaired) electrons. The summed E-state index contributed by atoms with van der Waals surface area (Å²) < 4.78 is 21.2. The SMILES string of the molecule is CC1CC(NCCS(N)(=O)=O)CS1. The minimum Gasteiger partial charge on any atom is -0.312 e. The van der Waals surface area contributed by atoms with Gasteiger partial charge in [-0.25, -0.2) is 13.6 Å². The van der Waals surface area contributed by atoms with Crippen molar-refractivity contribution < 1.29 is 8.42 Å². The summed E-state index contributed by atoms with van der Waals surface area (Å²) in [6.45, 7) is 2.66. The zero-order chi connectivity index (χ0) is 9.90. The van der Waals surface area contributed by atoms with E-state index in [4.69, 9.17) is 5.14 Å². The van der Waals surface area contributed by atoms with Crippen molar-refractivity contribution in [2.75, 3.05) is 18.1 Å². The van der Waals surface area contributed by atoms with Crippen molar-refractivity contribution >= 4 is 21.8 Å². The van der Waals surface area contributed by atoms with Crippen LogP contribution in [-0.2, 0) is 10.0 Å². The maximum Gasteiger partial charge on any atom is 0.210 e. The first-order valence-corrected chi connectivity index (χ1v) is 7.09. The number of nitrogens with one attached hydrogen (secondary N) is 1. The molecule has 1 rings (SSSR count). The Bertz CT molecular complexity index is 253. The second-order valence-electron chi connectivity index (χ2n) is 3.40. The first-order chi connectivity index (χ1) is 5.97. The van der Waals surface area contributed by atoms with Gasteiger partial charge in [-0.1, -0.05) is 6.92 Å². The van der Waals surface area contributed by atoms with E-state index in [1.165, 1.54) is 0 Å². The first-order valence-electron chi connectivity index (χ1n) is 4.33. The third-order valence-corrected chi connectivity index (χ3v) is 4.15. The van der Waals surface area contributed by atoms with Gasteiger partial charge in [-0.3, -0.25) is 0 Å². The van der Waals surface area contributed by atoms with Gasteiger partial charge in [-0.05, 0) is 6.42 Å². The lowest BCUT2D eigenvalue weighted by Gasteiger charge is -2.10. The fourth-order valence-electron chi connectivity index (χ4n) is 1.36. The Morgan fingerprint density at radius 1 is 1.62 bits per heavy atom. The molecule has 0 saturated carbocycles. The van der Waals surface area contributed by atoms with Crippen LogP contribution in [0.2, 0.25) is 0 Å². The number of thioether (sulfide) groups is 1. The third kappa shape index (κ3) is 4.85. The third-order valence-electron chi connectivity index (χ3n) is 2.02. The number of primary sulfonamides is 1. The molecule has 0 amide bonds. The van der Waals surface area contributed by atoms with E-state index in [0.29, 0.717) is 17.8 Å². The van der Waals surface area contributed by atoms with Crippen LogP contribution in [0.25, 0.3) is 0 Å². The van der Waals surface area contributed by atoms with Gasteiger partial charge in [-0.15, -0.1) is 0 Å². The van der Waals surface area contributed by atoms with E-state index in [1.807, 2.05) is 11.8 Å². The zero-order valence-corrected chi connectivity index (χ0v) is 9.33. The molecule has 1 heterocycles. The van der Waals surface area contributed by atoms with Gasteiger partial charge in [0.2, 0.25) is 10.0 Å². The molecule has 78 valence electrons. The first kappa shape index (κ1) is 11.3. The monoisotopic (exact) mass is 224 g/mol. The summed E-state index contributed by atoms with van der Waals surface area (Å²) in [5.74, 6) is 1.11. The summed E-state index contributed by atoms with van der Waals surface area (Å²) in [6.07, 6.45) is 1.12. The molecule has 1 aliphatic rings. The summed E-state index contributed by atoms with van der Waals surface area (Å²) in [4.78, 5) is 0. The molecule has 6 heteroatoms. The minimum absolute atomic E-state index is 0.0303. The lowest BCUT2D eigenvalue weighted by Crippen LogP contribution is -2.34. The normalized spacial score (nSPS) is 29.4. The van der Waals surface area contributed by atoms with E-state index in [2.05, 4.69) is 12.2 Å². The molecular formula is C7H16N2O2S2. The number of sulfonamides is 1. The lowest BCUT2D eigenvalue weighted by molar-refractivity contribution is 0.548. The van der Waals surface area contributed by atoms with Crippen LogP contribution < -0.4 is 10.5 Å². The summed E-state index contributed by atoms with van der Waals surface area (Å²) in [5.41, 5.74) is 0. The second kappa shape index (κ2) is 4.63. The molecule has 4 nitrogen and oxygen atoms in total. The quantitative estimate of drug-likeness (QED) is 0.691. The zero-order valence-electron chi connectivity index (χ0n) is 7.69. The van der Waals surface area contributed by atoms with E-state index in [0.717, 1.165) is 12.2 Å². The molecule has 3 N–H and O–H groups in total. The molecule has 0 aromatic carbocycles. The van der Waals surface area contributed by atoms with Gasteiger partial charge in [0.25, 0.3) is 0 Å². The van der Waals surface area contributed by atoms with Gasteiger partial charge >= 0.3 is 0 Å². The molecular weight excluding hydrogens is 208 g/mol. The van der Waals surface area contributed by atoms with Gasteiger partial charge in [0.15, 0.2) is 0 Å². The topological polar surface area (TPSA) is 72.2 Å². The fraction of sp³-hybridized carbons (Fsp3) is 1.00. The highest BCUT2D eigenvalue weighted by Crippen LogP contribution is 2.25.